The minimum absolute atomic E-state index is 0.222. The second-order valence-corrected chi connectivity index (χ2v) is 5.02. The smallest absolute Gasteiger partial charge is 0.0381 e. The van der Waals surface area contributed by atoms with Gasteiger partial charge in [0.1, 0.15) is 0 Å². The molecule has 0 aliphatic heterocycles. The Kier molecular flexibility index (Phi) is 11.6. The van der Waals surface area contributed by atoms with E-state index in [-0.39, 0.29) is 6.04 Å². The van der Waals surface area contributed by atoms with Crippen LogP contribution in [0, 0.1) is 0 Å². The molecule has 0 aliphatic carbocycles. The number of hydrogen-bond acceptors (Lipinski definition) is 3. The topological polar surface area (TPSA) is 32.3 Å². The molecule has 0 aromatic carbocycles. The van der Waals surface area contributed by atoms with Crippen LogP contribution < -0.4 is 5.48 Å². The predicted octanol–water partition coefficient (Wildman–Crippen LogP) is 3.45. The van der Waals surface area contributed by atoms with Gasteiger partial charge in [0.15, 0.2) is 0 Å². The van der Waals surface area contributed by atoms with Gasteiger partial charge in [0.25, 0.3) is 0 Å². The van der Waals surface area contributed by atoms with E-state index in [0.717, 1.165) is 5.75 Å². The third-order valence-corrected chi connectivity index (χ3v) is 3.54. The Labute approximate surface area is 92.8 Å². The molecule has 14 heavy (non-hydrogen) atoms. The summed E-state index contributed by atoms with van der Waals surface area (Å²) in [4.78, 5) is 0. The maximum Gasteiger partial charge on any atom is 0.0381 e. The number of rotatable bonds is 10. The van der Waals surface area contributed by atoms with E-state index in [9.17, 15) is 0 Å². The highest BCUT2D eigenvalue weighted by Crippen LogP contribution is 2.10. The summed E-state index contributed by atoms with van der Waals surface area (Å²) < 4.78 is 0. The molecular weight excluding hydrogens is 194 g/mol. The first-order chi connectivity index (χ1) is 6.81. The van der Waals surface area contributed by atoms with Crippen molar-refractivity contribution >= 4 is 11.8 Å². The zero-order valence-corrected chi connectivity index (χ0v) is 10.4. The third-order valence-electron chi connectivity index (χ3n) is 2.23. The molecule has 0 aromatic rings. The summed E-state index contributed by atoms with van der Waals surface area (Å²) in [5.41, 5.74) is 2.26. The number of nitrogens with one attached hydrogen (secondary N) is 1. The molecule has 0 aromatic heterocycles. The van der Waals surface area contributed by atoms with E-state index >= 15 is 0 Å². The SMILES string of the molecule is CCCCCCCCSC[C@H](C)NO. The normalized spacial score (nSPS) is 13.1. The van der Waals surface area contributed by atoms with E-state index in [4.69, 9.17) is 5.21 Å². The van der Waals surface area contributed by atoms with Crippen LogP contribution in [-0.4, -0.2) is 22.8 Å². The zero-order valence-electron chi connectivity index (χ0n) is 9.59. The summed E-state index contributed by atoms with van der Waals surface area (Å²) >= 11 is 1.93. The van der Waals surface area contributed by atoms with Crippen LogP contribution in [-0.2, 0) is 0 Å². The van der Waals surface area contributed by atoms with Crippen molar-refractivity contribution in [3.8, 4) is 0 Å². The summed E-state index contributed by atoms with van der Waals surface area (Å²) in [7, 11) is 0. The fourth-order valence-electron chi connectivity index (χ4n) is 1.28. The minimum atomic E-state index is 0.222. The molecular formula is C11H25NOS. The average Bonchev–Trinajstić information content (AvgIpc) is 2.21. The number of hydroxylamine groups is 1. The zero-order chi connectivity index (χ0) is 10.6. The molecule has 0 unspecified atom stereocenters. The summed E-state index contributed by atoms with van der Waals surface area (Å²) in [6, 6.07) is 0.222. The molecule has 1 atom stereocenters. The molecule has 0 aliphatic rings. The van der Waals surface area contributed by atoms with Crippen LogP contribution in [0.1, 0.15) is 52.4 Å². The van der Waals surface area contributed by atoms with Crippen molar-refractivity contribution in [2.24, 2.45) is 0 Å². The van der Waals surface area contributed by atoms with E-state index in [0.29, 0.717) is 0 Å². The fraction of sp³-hybridized carbons (Fsp3) is 1.00. The third kappa shape index (κ3) is 10.4. The summed E-state index contributed by atoms with van der Waals surface area (Å²) in [6.45, 7) is 4.24. The second-order valence-electron chi connectivity index (χ2n) is 3.87. The lowest BCUT2D eigenvalue weighted by Gasteiger charge is -2.07. The molecule has 0 saturated heterocycles. The molecule has 0 amide bonds. The largest absolute Gasteiger partial charge is 0.317 e. The highest BCUT2D eigenvalue weighted by Gasteiger charge is 1.98. The molecule has 0 radical (unpaired) electrons. The lowest BCUT2D eigenvalue weighted by Crippen LogP contribution is -2.24. The van der Waals surface area contributed by atoms with Gasteiger partial charge in [-0.05, 0) is 19.1 Å². The molecule has 0 saturated carbocycles. The molecule has 0 rings (SSSR count). The Bertz CT molecular complexity index is 111. The summed E-state index contributed by atoms with van der Waals surface area (Å²) in [5, 5.41) is 8.57. The first kappa shape index (κ1) is 14.3. The van der Waals surface area contributed by atoms with Gasteiger partial charge in [-0.3, -0.25) is 0 Å². The van der Waals surface area contributed by atoms with Gasteiger partial charge in [0.05, 0.1) is 0 Å². The molecule has 0 heterocycles. The van der Waals surface area contributed by atoms with Gasteiger partial charge in [0.2, 0.25) is 0 Å². The van der Waals surface area contributed by atoms with Gasteiger partial charge >= 0.3 is 0 Å². The molecule has 0 bridgehead atoms. The minimum Gasteiger partial charge on any atom is -0.317 e. The van der Waals surface area contributed by atoms with Crippen molar-refractivity contribution in [3.63, 3.8) is 0 Å². The summed E-state index contributed by atoms with van der Waals surface area (Å²) in [5.74, 6) is 2.24. The lowest BCUT2D eigenvalue weighted by molar-refractivity contribution is 0.141. The van der Waals surface area contributed by atoms with Crippen LogP contribution in [0.15, 0.2) is 0 Å². The first-order valence-electron chi connectivity index (χ1n) is 5.78. The molecule has 2 N–H and O–H groups in total. The monoisotopic (exact) mass is 219 g/mol. The number of thioether (sulfide) groups is 1. The molecule has 0 fully saturated rings. The lowest BCUT2D eigenvalue weighted by atomic mass is 10.1. The van der Waals surface area contributed by atoms with Crippen LogP contribution in [0.25, 0.3) is 0 Å². The van der Waals surface area contributed by atoms with Crippen molar-refractivity contribution in [3.05, 3.63) is 0 Å². The average molecular weight is 219 g/mol. The van der Waals surface area contributed by atoms with Crippen molar-refractivity contribution < 1.29 is 5.21 Å². The van der Waals surface area contributed by atoms with Crippen molar-refractivity contribution in [1.29, 1.82) is 0 Å². The van der Waals surface area contributed by atoms with Gasteiger partial charge in [-0.15, -0.1) is 0 Å². The predicted molar refractivity (Wildman–Crippen MR) is 65.1 cm³/mol. The number of hydrogen-bond donors (Lipinski definition) is 2. The van der Waals surface area contributed by atoms with E-state index in [1.54, 1.807) is 0 Å². The molecule has 3 heteroatoms. The van der Waals surface area contributed by atoms with E-state index in [1.807, 2.05) is 18.7 Å². The summed E-state index contributed by atoms with van der Waals surface area (Å²) in [6.07, 6.45) is 8.20. The molecule has 86 valence electrons. The van der Waals surface area contributed by atoms with E-state index in [2.05, 4.69) is 12.4 Å². The van der Waals surface area contributed by atoms with Gasteiger partial charge < -0.3 is 5.21 Å². The Morgan fingerprint density at radius 3 is 2.43 bits per heavy atom. The van der Waals surface area contributed by atoms with Crippen molar-refractivity contribution in [2.75, 3.05) is 11.5 Å². The van der Waals surface area contributed by atoms with Gasteiger partial charge in [-0.2, -0.15) is 11.8 Å². The van der Waals surface area contributed by atoms with Crippen molar-refractivity contribution in [2.45, 2.75) is 58.4 Å². The maximum atomic E-state index is 8.57. The van der Waals surface area contributed by atoms with Crippen molar-refractivity contribution in [1.82, 2.24) is 5.48 Å². The van der Waals surface area contributed by atoms with Crippen LogP contribution in [0.5, 0.6) is 0 Å². The van der Waals surface area contributed by atoms with Crippen LogP contribution in [0.2, 0.25) is 0 Å². The quantitative estimate of drug-likeness (QED) is 0.436. The standard InChI is InChI=1S/C11H25NOS/c1-3-4-5-6-7-8-9-14-10-11(2)12-13/h11-13H,3-10H2,1-2H3/t11-/m0/s1. The van der Waals surface area contributed by atoms with Gasteiger partial charge in [0, 0.05) is 11.8 Å². The first-order valence-corrected chi connectivity index (χ1v) is 6.94. The Hall–Kier alpha value is 0.270. The van der Waals surface area contributed by atoms with Gasteiger partial charge in [-0.25, -0.2) is 5.48 Å². The Balaban J connectivity index is 2.92. The molecule has 0 spiro atoms. The molecule has 2 nitrogen and oxygen atoms in total. The van der Waals surface area contributed by atoms with Crippen LogP contribution in [0.3, 0.4) is 0 Å². The van der Waals surface area contributed by atoms with Crippen LogP contribution >= 0.6 is 11.8 Å². The van der Waals surface area contributed by atoms with Gasteiger partial charge in [-0.1, -0.05) is 39.0 Å². The van der Waals surface area contributed by atoms with Crippen LogP contribution in [0.4, 0.5) is 0 Å². The highest BCUT2D eigenvalue weighted by atomic mass is 32.2. The highest BCUT2D eigenvalue weighted by molar-refractivity contribution is 7.99. The maximum absolute atomic E-state index is 8.57. The second kappa shape index (κ2) is 11.3. The number of unbranched alkanes of at least 4 members (excludes halogenated alkanes) is 5. The fourth-order valence-corrected chi connectivity index (χ4v) is 2.28. The Morgan fingerprint density at radius 2 is 1.79 bits per heavy atom. The Morgan fingerprint density at radius 1 is 1.14 bits per heavy atom. The van der Waals surface area contributed by atoms with E-state index in [1.165, 1.54) is 44.3 Å². The van der Waals surface area contributed by atoms with E-state index < -0.39 is 0 Å².